The molecule has 0 amide bonds. The number of hydrogen-bond donors (Lipinski definition) is 1. The van der Waals surface area contributed by atoms with Crippen LogP contribution in [0.1, 0.15) is 51.8 Å². The number of unbranched alkanes of at least 4 members (excludes halogenated alkanes) is 1. The minimum atomic E-state index is -0.0626. The third-order valence-electron chi connectivity index (χ3n) is 3.45. The Balaban J connectivity index is 2.58. The van der Waals surface area contributed by atoms with Crippen molar-refractivity contribution in [3.8, 4) is 11.6 Å². The molecule has 0 atom stereocenters. The van der Waals surface area contributed by atoms with Gasteiger partial charge in [0.1, 0.15) is 0 Å². The summed E-state index contributed by atoms with van der Waals surface area (Å²) < 4.78 is 1.89. The van der Waals surface area contributed by atoms with Gasteiger partial charge in [0.05, 0.1) is 11.4 Å². The fourth-order valence-electron chi connectivity index (χ4n) is 2.55. The van der Waals surface area contributed by atoms with Gasteiger partial charge in [-0.1, -0.05) is 52.3 Å². The molecule has 3 heteroatoms. The smallest absolute Gasteiger partial charge is 0.234 e. The van der Waals surface area contributed by atoms with Gasteiger partial charge in [-0.25, -0.2) is 4.68 Å². The second-order valence-corrected chi connectivity index (χ2v) is 6.25. The molecule has 1 N–H and O–H groups in total. The molecule has 0 bridgehead atoms. The van der Waals surface area contributed by atoms with Gasteiger partial charge in [0.25, 0.3) is 0 Å². The first-order valence-electron chi connectivity index (χ1n) is 7.32. The van der Waals surface area contributed by atoms with Gasteiger partial charge in [0.2, 0.25) is 5.88 Å². The molecule has 0 radical (unpaired) electrons. The summed E-state index contributed by atoms with van der Waals surface area (Å²) in [6.07, 6.45) is 3.05. The van der Waals surface area contributed by atoms with E-state index in [0.717, 1.165) is 36.2 Å². The first-order valence-corrected chi connectivity index (χ1v) is 7.32. The lowest BCUT2D eigenvalue weighted by Gasteiger charge is -2.22. The van der Waals surface area contributed by atoms with Crippen LogP contribution in [0.3, 0.4) is 0 Å². The molecule has 0 unspecified atom stereocenters. The molecule has 3 nitrogen and oxygen atoms in total. The first-order chi connectivity index (χ1) is 9.45. The van der Waals surface area contributed by atoms with Gasteiger partial charge in [-0.05, 0) is 25.0 Å². The highest BCUT2D eigenvalue weighted by Crippen LogP contribution is 2.34. The minimum absolute atomic E-state index is 0.0626. The Morgan fingerprint density at radius 3 is 2.35 bits per heavy atom. The van der Waals surface area contributed by atoms with Crippen molar-refractivity contribution in [2.24, 2.45) is 0 Å². The fourth-order valence-corrected chi connectivity index (χ4v) is 2.55. The van der Waals surface area contributed by atoms with Gasteiger partial charge in [0, 0.05) is 11.0 Å². The molecule has 0 aliphatic heterocycles. The molecule has 108 valence electrons. The van der Waals surface area contributed by atoms with E-state index >= 15 is 0 Å². The topological polar surface area (TPSA) is 38.1 Å². The molecule has 0 aliphatic rings. The molecule has 1 aromatic carbocycles. The lowest BCUT2D eigenvalue weighted by molar-refractivity contribution is 0.441. The van der Waals surface area contributed by atoms with E-state index in [4.69, 9.17) is 0 Å². The van der Waals surface area contributed by atoms with Crippen molar-refractivity contribution in [3.05, 3.63) is 41.6 Å². The Morgan fingerprint density at radius 1 is 1.15 bits per heavy atom. The van der Waals surface area contributed by atoms with Gasteiger partial charge in [-0.3, -0.25) is 0 Å². The maximum Gasteiger partial charge on any atom is 0.234 e. The van der Waals surface area contributed by atoms with E-state index in [9.17, 15) is 5.11 Å². The monoisotopic (exact) mass is 272 g/mol. The highest BCUT2D eigenvalue weighted by molar-refractivity contribution is 5.42. The van der Waals surface area contributed by atoms with Gasteiger partial charge < -0.3 is 5.11 Å². The Labute approximate surface area is 121 Å². The van der Waals surface area contributed by atoms with E-state index in [-0.39, 0.29) is 11.3 Å². The van der Waals surface area contributed by atoms with Crippen molar-refractivity contribution in [2.75, 3.05) is 0 Å². The van der Waals surface area contributed by atoms with Gasteiger partial charge in [-0.2, -0.15) is 0 Å². The molecule has 2 rings (SSSR count). The summed E-state index contributed by atoms with van der Waals surface area (Å²) in [5, 5.41) is 14.6. The first kappa shape index (κ1) is 14.6. The minimum Gasteiger partial charge on any atom is -0.492 e. The van der Waals surface area contributed by atoms with Gasteiger partial charge in [0.15, 0.2) is 0 Å². The SMILES string of the molecule is CCCCc1c(O)nn(-c2ccccc2)c1C(C)(C)C. The maximum absolute atomic E-state index is 10.2. The van der Waals surface area contributed by atoms with Crippen LogP contribution in [0, 0.1) is 0 Å². The number of aromatic hydroxyl groups is 1. The number of aromatic nitrogens is 2. The van der Waals surface area contributed by atoms with Crippen LogP contribution in [0.15, 0.2) is 30.3 Å². The predicted molar refractivity (Wildman–Crippen MR) is 82.5 cm³/mol. The number of rotatable bonds is 4. The summed E-state index contributed by atoms with van der Waals surface area (Å²) in [5.41, 5.74) is 3.03. The summed E-state index contributed by atoms with van der Waals surface area (Å²) in [4.78, 5) is 0. The van der Waals surface area contributed by atoms with E-state index in [1.54, 1.807) is 0 Å². The number of nitrogens with zero attached hydrogens (tertiary/aromatic N) is 2. The Morgan fingerprint density at radius 2 is 1.80 bits per heavy atom. The lowest BCUT2D eigenvalue weighted by atomic mass is 9.87. The zero-order valence-electron chi connectivity index (χ0n) is 12.8. The van der Waals surface area contributed by atoms with Crippen molar-refractivity contribution in [2.45, 2.75) is 52.4 Å². The van der Waals surface area contributed by atoms with Crippen molar-refractivity contribution in [1.29, 1.82) is 0 Å². The summed E-state index contributed by atoms with van der Waals surface area (Å²) in [5.74, 6) is 0.173. The van der Waals surface area contributed by atoms with Crippen LogP contribution in [0.25, 0.3) is 5.69 Å². The number of para-hydroxylation sites is 1. The van der Waals surface area contributed by atoms with E-state index < -0.39 is 0 Å². The third kappa shape index (κ3) is 2.87. The molecule has 20 heavy (non-hydrogen) atoms. The van der Waals surface area contributed by atoms with Crippen molar-refractivity contribution in [1.82, 2.24) is 9.78 Å². The standard InChI is InChI=1S/C17H24N2O/c1-5-6-12-14-15(17(2,3)4)19(18-16(14)20)13-10-8-7-9-11-13/h7-11H,5-6,12H2,1-4H3,(H,18,20). The Hall–Kier alpha value is -1.77. The zero-order chi connectivity index (χ0) is 14.8. The van der Waals surface area contributed by atoms with Crippen LogP contribution < -0.4 is 0 Å². The molecule has 1 heterocycles. The van der Waals surface area contributed by atoms with Crippen molar-refractivity contribution >= 4 is 0 Å². The molecular formula is C17H24N2O. The normalized spacial score (nSPS) is 11.8. The molecule has 0 saturated heterocycles. The van der Waals surface area contributed by atoms with Gasteiger partial charge >= 0.3 is 0 Å². The molecule has 0 aliphatic carbocycles. The number of hydrogen-bond acceptors (Lipinski definition) is 2. The third-order valence-corrected chi connectivity index (χ3v) is 3.45. The quantitative estimate of drug-likeness (QED) is 0.905. The predicted octanol–water partition coefficient (Wildman–Crippen LogP) is 4.22. The van der Waals surface area contributed by atoms with Crippen LogP contribution in [-0.4, -0.2) is 14.9 Å². The molecule has 0 fully saturated rings. The second kappa shape index (κ2) is 5.70. The largest absolute Gasteiger partial charge is 0.492 e. The molecule has 2 aromatic rings. The molecule has 0 saturated carbocycles. The Bertz CT molecular complexity index is 565. The Kier molecular flexibility index (Phi) is 4.17. The van der Waals surface area contributed by atoms with Crippen LogP contribution in [0.5, 0.6) is 5.88 Å². The summed E-state index contributed by atoms with van der Waals surface area (Å²) in [6, 6.07) is 10.0. The van der Waals surface area contributed by atoms with Crippen LogP contribution in [0.4, 0.5) is 0 Å². The molecule has 0 spiro atoms. The van der Waals surface area contributed by atoms with Crippen LogP contribution >= 0.6 is 0 Å². The summed E-state index contributed by atoms with van der Waals surface area (Å²) >= 11 is 0. The average molecular weight is 272 g/mol. The van der Waals surface area contributed by atoms with E-state index in [1.807, 2.05) is 35.0 Å². The van der Waals surface area contributed by atoms with Crippen molar-refractivity contribution in [3.63, 3.8) is 0 Å². The molecule has 1 aromatic heterocycles. The van der Waals surface area contributed by atoms with E-state index in [2.05, 4.69) is 32.8 Å². The van der Waals surface area contributed by atoms with Crippen molar-refractivity contribution < 1.29 is 5.11 Å². The zero-order valence-corrected chi connectivity index (χ0v) is 12.8. The second-order valence-electron chi connectivity index (χ2n) is 6.25. The van der Waals surface area contributed by atoms with Gasteiger partial charge in [-0.15, -0.1) is 5.10 Å². The highest BCUT2D eigenvalue weighted by Gasteiger charge is 2.27. The summed E-state index contributed by atoms with van der Waals surface area (Å²) in [6.45, 7) is 8.66. The van der Waals surface area contributed by atoms with E-state index in [0.29, 0.717) is 0 Å². The average Bonchev–Trinajstić information content (AvgIpc) is 2.74. The maximum atomic E-state index is 10.2. The lowest BCUT2D eigenvalue weighted by Crippen LogP contribution is -2.19. The van der Waals surface area contributed by atoms with Crippen LogP contribution in [-0.2, 0) is 11.8 Å². The molecular weight excluding hydrogens is 248 g/mol. The summed E-state index contributed by atoms with van der Waals surface area (Å²) in [7, 11) is 0. The number of benzene rings is 1. The highest BCUT2D eigenvalue weighted by atomic mass is 16.3. The van der Waals surface area contributed by atoms with E-state index in [1.165, 1.54) is 0 Å². The fraction of sp³-hybridized carbons (Fsp3) is 0.471. The van der Waals surface area contributed by atoms with Crippen LogP contribution in [0.2, 0.25) is 0 Å².